The van der Waals surface area contributed by atoms with Crippen molar-refractivity contribution >= 4 is 22.5 Å². The number of halogens is 3. The van der Waals surface area contributed by atoms with E-state index in [0.717, 1.165) is 30.9 Å². The molecule has 3 aromatic rings. The number of methoxy groups -OCH3 is 1. The molecule has 0 aliphatic heterocycles. The Kier molecular flexibility index (Phi) is 6.44. The fourth-order valence-corrected chi connectivity index (χ4v) is 4.31. The molecule has 174 valence electrons. The Balaban J connectivity index is 1.52. The lowest BCUT2D eigenvalue weighted by Gasteiger charge is -2.31. The molecule has 0 spiro atoms. The number of carbonyl (C=O) groups is 1. The zero-order valence-electron chi connectivity index (χ0n) is 18.5. The molecule has 33 heavy (non-hydrogen) atoms. The summed E-state index contributed by atoms with van der Waals surface area (Å²) in [4.78, 5) is 16.5. The lowest BCUT2D eigenvalue weighted by Crippen LogP contribution is -2.41. The molecule has 1 aliphatic carbocycles. The van der Waals surface area contributed by atoms with Gasteiger partial charge in [0.05, 0.1) is 12.6 Å². The van der Waals surface area contributed by atoms with Gasteiger partial charge in [0.2, 0.25) is 0 Å². The Morgan fingerprint density at radius 1 is 1.09 bits per heavy atom. The molecule has 1 aliphatic rings. The van der Waals surface area contributed by atoms with Gasteiger partial charge < -0.3 is 15.4 Å². The first-order chi connectivity index (χ1) is 15.7. The number of aryl methyl sites for hydroxylation is 1. The highest BCUT2D eigenvalue weighted by molar-refractivity contribution is 5.95. The predicted molar refractivity (Wildman–Crippen MR) is 122 cm³/mol. The van der Waals surface area contributed by atoms with Gasteiger partial charge in [0.1, 0.15) is 11.4 Å². The van der Waals surface area contributed by atoms with Crippen molar-refractivity contribution in [1.29, 1.82) is 0 Å². The van der Waals surface area contributed by atoms with Crippen LogP contribution in [0.3, 0.4) is 0 Å². The highest BCUT2D eigenvalue weighted by Crippen LogP contribution is 2.34. The number of nitrogens with zero attached hydrogens (tertiary/aromatic N) is 1. The van der Waals surface area contributed by atoms with Crippen LogP contribution in [0.15, 0.2) is 48.5 Å². The highest BCUT2D eigenvalue weighted by atomic mass is 19.4. The van der Waals surface area contributed by atoms with E-state index >= 15 is 0 Å². The molecule has 2 N–H and O–H groups in total. The van der Waals surface area contributed by atoms with E-state index in [2.05, 4.69) is 15.6 Å². The Morgan fingerprint density at radius 3 is 2.64 bits per heavy atom. The van der Waals surface area contributed by atoms with Crippen molar-refractivity contribution in [2.75, 3.05) is 12.4 Å². The largest absolute Gasteiger partial charge is 0.497 e. The maximum atomic E-state index is 13.4. The van der Waals surface area contributed by atoms with Gasteiger partial charge in [-0.3, -0.25) is 4.79 Å². The van der Waals surface area contributed by atoms with Crippen LogP contribution < -0.4 is 15.4 Å². The van der Waals surface area contributed by atoms with Crippen LogP contribution in [0.2, 0.25) is 0 Å². The standard InChI is InChI=1S/C25H26F3N3O2/c1-15-9-10-21-20(11-15)22(14-23(31-21)25(26,27)28)29-17-6-4-7-18(13-17)30-24(32)16-5-3-8-19(12-16)33-2/h3,5,8-12,14,17-18H,4,6-7,13H2,1-2H3,(H,29,31)(H,30,32)/t17-,18+/m0/s1. The van der Waals surface area contributed by atoms with Gasteiger partial charge in [-0.15, -0.1) is 0 Å². The van der Waals surface area contributed by atoms with Crippen LogP contribution >= 0.6 is 0 Å². The van der Waals surface area contributed by atoms with Crippen molar-refractivity contribution in [3.8, 4) is 5.75 Å². The summed E-state index contributed by atoms with van der Waals surface area (Å²) in [5.74, 6) is 0.412. The molecule has 0 saturated heterocycles. The molecule has 2 atom stereocenters. The second kappa shape index (κ2) is 9.29. The minimum Gasteiger partial charge on any atom is -0.497 e. The van der Waals surface area contributed by atoms with Crippen molar-refractivity contribution < 1.29 is 22.7 Å². The van der Waals surface area contributed by atoms with Gasteiger partial charge in [-0.05, 0) is 69.0 Å². The average Bonchev–Trinajstić information content (AvgIpc) is 2.79. The summed E-state index contributed by atoms with van der Waals surface area (Å²) in [5, 5.41) is 7.03. The molecule has 0 bridgehead atoms. The second-order valence-electron chi connectivity index (χ2n) is 8.48. The highest BCUT2D eigenvalue weighted by Gasteiger charge is 2.34. The van der Waals surface area contributed by atoms with E-state index in [9.17, 15) is 18.0 Å². The topological polar surface area (TPSA) is 63.2 Å². The normalized spacial score (nSPS) is 18.7. The van der Waals surface area contributed by atoms with Crippen molar-refractivity contribution in [3.63, 3.8) is 0 Å². The van der Waals surface area contributed by atoms with Gasteiger partial charge in [0, 0.05) is 28.7 Å². The van der Waals surface area contributed by atoms with Gasteiger partial charge in [-0.25, -0.2) is 4.98 Å². The van der Waals surface area contributed by atoms with Crippen LogP contribution in [0.1, 0.15) is 47.3 Å². The molecule has 8 heteroatoms. The number of carbonyl (C=O) groups excluding carboxylic acids is 1. The van der Waals surface area contributed by atoms with Gasteiger partial charge in [-0.1, -0.05) is 17.7 Å². The van der Waals surface area contributed by atoms with Gasteiger partial charge >= 0.3 is 6.18 Å². The third kappa shape index (κ3) is 5.38. The quantitative estimate of drug-likeness (QED) is 0.514. The van der Waals surface area contributed by atoms with Crippen LogP contribution in [0, 0.1) is 6.92 Å². The van der Waals surface area contributed by atoms with Crippen LogP contribution in [-0.4, -0.2) is 30.1 Å². The number of nitrogens with one attached hydrogen (secondary N) is 2. The Hall–Kier alpha value is -3.29. The molecule has 1 fully saturated rings. The first-order valence-corrected chi connectivity index (χ1v) is 10.9. The van der Waals surface area contributed by atoms with Crippen molar-refractivity contribution in [1.82, 2.24) is 10.3 Å². The minimum atomic E-state index is -4.53. The van der Waals surface area contributed by atoms with E-state index in [1.807, 2.05) is 13.0 Å². The van der Waals surface area contributed by atoms with Gasteiger partial charge in [-0.2, -0.15) is 13.2 Å². The summed E-state index contributed by atoms with van der Waals surface area (Å²) < 4.78 is 45.5. The van der Waals surface area contributed by atoms with Crippen LogP contribution in [0.25, 0.3) is 10.9 Å². The van der Waals surface area contributed by atoms with E-state index in [4.69, 9.17) is 4.74 Å². The van der Waals surface area contributed by atoms with Crippen LogP contribution in [0.4, 0.5) is 18.9 Å². The molecule has 0 radical (unpaired) electrons. The molecule has 1 aromatic heterocycles. The van der Waals surface area contributed by atoms with Crippen molar-refractivity contribution in [3.05, 3.63) is 65.4 Å². The molecule has 1 amide bonds. The molecule has 1 heterocycles. The number of pyridine rings is 1. The molecule has 0 unspecified atom stereocenters. The lowest BCUT2D eigenvalue weighted by atomic mass is 9.90. The predicted octanol–water partition coefficient (Wildman–Crippen LogP) is 5.72. The van der Waals surface area contributed by atoms with E-state index in [0.29, 0.717) is 34.3 Å². The number of rotatable bonds is 5. The third-order valence-corrected chi connectivity index (χ3v) is 5.96. The second-order valence-corrected chi connectivity index (χ2v) is 8.48. The van der Waals surface area contributed by atoms with Crippen LogP contribution in [-0.2, 0) is 6.18 Å². The van der Waals surface area contributed by atoms with E-state index < -0.39 is 11.9 Å². The number of anilines is 1. The number of benzene rings is 2. The summed E-state index contributed by atoms with van der Waals surface area (Å²) in [5.41, 5.74) is 1.26. The summed E-state index contributed by atoms with van der Waals surface area (Å²) in [7, 11) is 1.54. The van der Waals surface area contributed by atoms with E-state index in [1.54, 1.807) is 43.5 Å². The fraction of sp³-hybridized carbons (Fsp3) is 0.360. The number of amides is 1. The van der Waals surface area contributed by atoms with Gasteiger partial charge in [0.25, 0.3) is 5.91 Å². The molecule has 4 rings (SSSR count). The number of fused-ring (bicyclic) bond motifs is 1. The molecular weight excluding hydrogens is 431 g/mol. The number of alkyl halides is 3. The molecule has 2 aromatic carbocycles. The monoisotopic (exact) mass is 457 g/mol. The number of hydrogen-bond donors (Lipinski definition) is 2. The summed E-state index contributed by atoms with van der Waals surface area (Å²) >= 11 is 0. The third-order valence-electron chi connectivity index (χ3n) is 5.96. The first-order valence-electron chi connectivity index (χ1n) is 10.9. The Bertz CT molecular complexity index is 1160. The summed E-state index contributed by atoms with van der Waals surface area (Å²) in [6.45, 7) is 1.89. The van der Waals surface area contributed by atoms with Crippen molar-refractivity contribution in [2.45, 2.75) is 50.9 Å². The fourth-order valence-electron chi connectivity index (χ4n) is 4.31. The zero-order valence-corrected chi connectivity index (χ0v) is 18.5. The maximum Gasteiger partial charge on any atom is 0.433 e. The maximum absolute atomic E-state index is 13.4. The Labute approximate surface area is 190 Å². The lowest BCUT2D eigenvalue weighted by molar-refractivity contribution is -0.140. The van der Waals surface area contributed by atoms with Crippen LogP contribution in [0.5, 0.6) is 5.75 Å². The number of aromatic nitrogens is 1. The first kappa shape index (κ1) is 22.9. The zero-order chi connectivity index (χ0) is 23.6. The van der Waals surface area contributed by atoms with Crippen molar-refractivity contribution in [2.24, 2.45) is 0 Å². The van der Waals surface area contributed by atoms with E-state index in [1.165, 1.54) is 0 Å². The van der Waals surface area contributed by atoms with E-state index in [-0.39, 0.29) is 18.0 Å². The number of hydrogen-bond acceptors (Lipinski definition) is 4. The molecule has 1 saturated carbocycles. The number of ether oxygens (including phenoxy) is 1. The van der Waals surface area contributed by atoms with Gasteiger partial charge in [0.15, 0.2) is 0 Å². The summed E-state index contributed by atoms with van der Waals surface area (Å²) in [6.07, 6.45) is -1.43. The average molecular weight is 457 g/mol. The molecular formula is C25H26F3N3O2. The Morgan fingerprint density at radius 2 is 1.88 bits per heavy atom. The molecule has 5 nitrogen and oxygen atoms in total. The minimum absolute atomic E-state index is 0.0680. The summed E-state index contributed by atoms with van der Waals surface area (Å²) in [6, 6.07) is 13.1. The smallest absolute Gasteiger partial charge is 0.433 e. The SMILES string of the molecule is COc1cccc(C(=O)N[C@@H]2CCC[C@H](Nc3cc(C(F)(F)F)nc4ccc(C)cc34)C2)c1.